The van der Waals surface area contributed by atoms with Gasteiger partial charge < -0.3 is 0 Å². The van der Waals surface area contributed by atoms with Crippen LogP contribution in [0.4, 0.5) is 0 Å². The molecule has 0 aliphatic carbocycles. The highest BCUT2D eigenvalue weighted by Crippen LogP contribution is 2.51. The maximum atomic E-state index is 2.60. The molecule has 8 unspecified atom stereocenters. The molecule has 0 radical (unpaired) electrons. The lowest BCUT2D eigenvalue weighted by Crippen LogP contribution is -2.33. The maximum Gasteiger partial charge on any atom is 0.0126 e. The minimum Gasteiger partial charge on any atom is -0.0654 e. The first kappa shape index (κ1) is 46.0. The number of hydrogen-bond donors (Lipinski definition) is 0. The van der Waals surface area contributed by atoms with Crippen molar-refractivity contribution < 1.29 is 0 Å². The number of rotatable bonds is 30. The highest BCUT2D eigenvalue weighted by atomic mass is 14.4. The summed E-state index contributed by atoms with van der Waals surface area (Å²) in [6.45, 7) is 19.7. The van der Waals surface area contributed by atoms with Crippen LogP contribution in [-0.2, 0) is 0 Å². The van der Waals surface area contributed by atoms with Crippen molar-refractivity contribution in [1.29, 1.82) is 0 Å². The van der Waals surface area contributed by atoms with Crippen molar-refractivity contribution in [3.63, 3.8) is 0 Å². The van der Waals surface area contributed by atoms with Crippen LogP contribution in [-0.4, -0.2) is 0 Å². The summed E-state index contributed by atoms with van der Waals surface area (Å²) in [7, 11) is 0. The third-order valence-electron chi connectivity index (χ3n) is 13.6. The molecule has 0 heterocycles. The Morgan fingerprint density at radius 3 is 1.02 bits per heavy atom. The molecule has 0 N–H and O–H groups in total. The Morgan fingerprint density at radius 2 is 0.685 bits per heavy atom. The van der Waals surface area contributed by atoms with E-state index in [4.69, 9.17) is 0 Å². The summed E-state index contributed by atoms with van der Waals surface area (Å²) in [5, 5.41) is 0. The second-order valence-electron chi connectivity index (χ2n) is 17.5. The summed E-state index contributed by atoms with van der Waals surface area (Å²) in [6, 6.07) is 33.6. The van der Waals surface area contributed by atoms with Crippen LogP contribution >= 0.6 is 0 Å². The van der Waals surface area contributed by atoms with E-state index in [-0.39, 0.29) is 0 Å². The van der Waals surface area contributed by atoms with E-state index >= 15 is 0 Å². The van der Waals surface area contributed by atoms with Gasteiger partial charge in [-0.2, -0.15) is 0 Å². The van der Waals surface area contributed by atoms with Crippen LogP contribution in [0.3, 0.4) is 0 Å². The van der Waals surface area contributed by atoms with Gasteiger partial charge in [-0.1, -0.05) is 269 Å². The second kappa shape index (κ2) is 27.3. The first-order valence-electron chi connectivity index (χ1n) is 23.7. The largest absolute Gasteiger partial charge is 0.0654 e. The topological polar surface area (TPSA) is 0 Å². The van der Waals surface area contributed by atoms with E-state index in [9.17, 15) is 0 Å². The fourth-order valence-electron chi connectivity index (χ4n) is 10.5. The van der Waals surface area contributed by atoms with E-state index in [0.717, 1.165) is 11.8 Å². The van der Waals surface area contributed by atoms with Gasteiger partial charge in [-0.3, -0.25) is 0 Å². The minimum atomic E-state index is 0.390. The summed E-state index contributed by atoms with van der Waals surface area (Å²) >= 11 is 0. The molecule has 0 bridgehead atoms. The van der Waals surface area contributed by atoms with Crippen LogP contribution in [0.25, 0.3) is 0 Å². The zero-order valence-corrected chi connectivity index (χ0v) is 36.8. The van der Waals surface area contributed by atoms with Crippen molar-refractivity contribution in [2.24, 2.45) is 35.5 Å². The Kier molecular flexibility index (Phi) is 23.3. The Balaban J connectivity index is 2.23. The van der Waals surface area contributed by atoms with Crippen LogP contribution in [0.5, 0.6) is 0 Å². The summed E-state index contributed by atoms with van der Waals surface area (Å²) < 4.78 is 0. The average Bonchev–Trinajstić information content (AvgIpc) is 3.21. The minimum absolute atomic E-state index is 0.390. The predicted octanol–water partition coefficient (Wildman–Crippen LogP) is 17.6. The molecule has 8 atom stereocenters. The summed E-state index contributed by atoms with van der Waals surface area (Å²) in [5.41, 5.74) is 6.30. The summed E-state index contributed by atoms with van der Waals surface area (Å²) in [5.74, 6) is 4.78. The van der Waals surface area contributed by atoms with Crippen molar-refractivity contribution in [1.82, 2.24) is 0 Å². The van der Waals surface area contributed by atoms with E-state index in [0.29, 0.717) is 35.5 Å². The molecule has 0 spiro atoms. The quantitative estimate of drug-likeness (QED) is 0.0598. The van der Waals surface area contributed by atoms with Crippen LogP contribution < -0.4 is 0 Å². The van der Waals surface area contributed by atoms with E-state index in [1.807, 2.05) is 0 Å². The van der Waals surface area contributed by atoms with Gasteiger partial charge in [-0.25, -0.2) is 0 Å². The summed E-state index contributed by atoms with van der Waals surface area (Å²) in [6.07, 6.45) is 27.0. The fourth-order valence-corrected chi connectivity index (χ4v) is 10.5. The highest BCUT2D eigenvalue weighted by molar-refractivity contribution is 5.45. The molecule has 0 aliphatic heterocycles. The first-order chi connectivity index (χ1) is 26.5. The molecule has 0 saturated heterocycles. The number of unbranched alkanes of at least 4 members (excludes halogenated alkanes) is 10. The number of benzene rings is 3. The Labute approximate surface area is 337 Å². The molecule has 0 fully saturated rings. The normalized spacial score (nSPS) is 16.3. The fraction of sp³-hybridized carbons (Fsp3) is 0.667. The molecular weight excluding hydrogens is 649 g/mol. The van der Waals surface area contributed by atoms with E-state index < -0.39 is 0 Å². The van der Waals surface area contributed by atoms with Crippen molar-refractivity contribution in [3.05, 3.63) is 107 Å². The third kappa shape index (κ3) is 14.3. The molecule has 0 amide bonds. The molecule has 3 aromatic carbocycles. The molecule has 3 rings (SSSR count). The highest BCUT2D eigenvalue weighted by Gasteiger charge is 2.40. The van der Waals surface area contributed by atoms with Gasteiger partial charge in [0.15, 0.2) is 0 Å². The lowest BCUT2D eigenvalue weighted by atomic mass is 9.61. The molecule has 302 valence electrons. The lowest BCUT2D eigenvalue weighted by Gasteiger charge is -2.43. The predicted molar refractivity (Wildman–Crippen MR) is 242 cm³/mol. The van der Waals surface area contributed by atoms with Gasteiger partial charge in [-0.05, 0) is 57.8 Å². The molecule has 3 aromatic rings. The molecule has 0 saturated carbocycles. The zero-order chi connectivity index (χ0) is 39.0. The molecular formula is C54H86. The van der Waals surface area contributed by atoms with Crippen molar-refractivity contribution in [3.8, 4) is 0 Å². The van der Waals surface area contributed by atoms with Crippen molar-refractivity contribution in [2.75, 3.05) is 0 Å². The van der Waals surface area contributed by atoms with Gasteiger partial charge in [0.05, 0.1) is 0 Å². The van der Waals surface area contributed by atoms with Gasteiger partial charge in [0.25, 0.3) is 0 Å². The second-order valence-corrected chi connectivity index (χ2v) is 17.5. The Hall–Kier alpha value is -2.34. The average molecular weight is 735 g/mol. The maximum absolute atomic E-state index is 2.60. The molecule has 54 heavy (non-hydrogen) atoms. The van der Waals surface area contributed by atoms with E-state index in [1.165, 1.54) is 140 Å². The first-order valence-corrected chi connectivity index (χ1v) is 23.7. The number of hydrogen-bond acceptors (Lipinski definition) is 0. The van der Waals surface area contributed by atoms with Gasteiger partial charge >= 0.3 is 0 Å². The SMILES string of the molecule is CCCCCCCCC(CCC)C(C(C)CC)C(c1ccccc1)c1ccccc1C(c1ccccc1)C(C(C)CC)C(CCC)CCCCCCCC. The lowest BCUT2D eigenvalue weighted by molar-refractivity contribution is 0.174. The van der Waals surface area contributed by atoms with E-state index in [1.54, 1.807) is 11.1 Å². The van der Waals surface area contributed by atoms with E-state index in [2.05, 4.69) is 140 Å². The summed E-state index contributed by atoms with van der Waals surface area (Å²) in [4.78, 5) is 0. The van der Waals surface area contributed by atoms with Gasteiger partial charge in [0.1, 0.15) is 0 Å². The van der Waals surface area contributed by atoms with Gasteiger partial charge in [0, 0.05) is 11.8 Å². The van der Waals surface area contributed by atoms with Crippen LogP contribution in [0, 0.1) is 35.5 Å². The Bertz CT molecular complexity index is 1210. The Morgan fingerprint density at radius 1 is 0.352 bits per heavy atom. The third-order valence-corrected chi connectivity index (χ3v) is 13.6. The molecule has 0 nitrogen and oxygen atoms in total. The molecule has 0 heteroatoms. The van der Waals surface area contributed by atoms with Crippen LogP contribution in [0.2, 0.25) is 0 Å². The smallest absolute Gasteiger partial charge is 0.0126 e. The molecule has 0 aromatic heterocycles. The molecule has 0 aliphatic rings. The van der Waals surface area contributed by atoms with Gasteiger partial charge in [-0.15, -0.1) is 0 Å². The van der Waals surface area contributed by atoms with Crippen LogP contribution in [0.1, 0.15) is 218 Å². The van der Waals surface area contributed by atoms with Gasteiger partial charge in [0.2, 0.25) is 0 Å². The standard InChI is InChI=1S/C54H86/c1-9-15-17-19-21-25-35-45(33-11-3)51(43(7)13-5)53(47-37-27-23-28-38-47)49-41-31-32-42-50(49)54(48-39-29-24-30-40-48)52(44(8)14-6)46(34-12-4)36-26-22-20-18-16-10-2/h23-24,27-32,37-46,51-54H,9-22,25-26,33-36H2,1-8H3. The van der Waals surface area contributed by atoms with Crippen molar-refractivity contribution >= 4 is 0 Å². The monoisotopic (exact) mass is 735 g/mol. The van der Waals surface area contributed by atoms with Crippen LogP contribution in [0.15, 0.2) is 84.9 Å². The van der Waals surface area contributed by atoms with Crippen molar-refractivity contribution in [2.45, 2.75) is 196 Å². The zero-order valence-electron chi connectivity index (χ0n) is 36.8.